The van der Waals surface area contributed by atoms with Gasteiger partial charge in [-0.3, -0.25) is 0 Å². The highest BCUT2D eigenvalue weighted by Crippen LogP contribution is 2.24. The first kappa shape index (κ1) is 14.0. The van der Waals surface area contributed by atoms with Crippen molar-refractivity contribution in [2.45, 2.75) is 72.8 Å². The lowest BCUT2D eigenvalue weighted by atomic mass is 9.86. The van der Waals surface area contributed by atoms with Gasteiger partial charge in [0.2, 0.25) is 0 Å². The minimum Gasteiger partial charge on any atom is -0.393 e. The predicted octanol–water partition coefficient (Wildman–Crippen LogP) is 4.00. The molecule has 0 aliphatic carbocycles. The summed E-state index contributed by atoms with van der Waals surface area (Å²) in [5, 5.41) is 9.85. The number of aliphatic hydroxyl groups excluding tert-OH is 1. The molecule has 0 bridgehead atoms. The quantitative estimate of drug-likeness (QED) is 0.687. The first-order valence-electron chi connectivity index (χ1n) is 6.07. The van der Waals surface area contributed by atoms with Gasteiger partial charge in [0.1, 0.15) is 0 Å². The average molecular weight is 200 g/mol. The number of hydrogen-bond donors (Lipinski definition) is 1. The molecule has 0 radical (unpaired) electrons. The molecule has 0 fully saturated rings. The van der Waals surface area contributed by atoms with Crippen molar-refractivity contribution in [3.05, 3.63) is 0 Å². The van der Waals surface area contributed by atoms with E-state index in [1.807, 2.05) is 0 Å². The van der Waals surface area contributed by atoms with Gasteiger partial charge in [-0.2, -0.15) is 0 Å². The van der Waals surface area contributed by atoms with E-state index in [1.165, 1.54) is 12.8 Å². The Hall–Kier alpha value is -0.0400. The zero-order chi connectivity index (χ0) is 11.2. The summed E-state index contributed by atoms with van der Waals surface area (Å²) in [5.74, 6) is 0.713. The Labute approximate surface area is 89.9 Å². The van der Waals surface area contributed by atoms with Gasteiger partial charge in [-0.05, 0) is 30.6 Å². The molecule has 14 heavy (non-hydrogen) atoms. The molecule has 0 aromatic carbocycles. The van der Waals surface area contributed by atoms with E-state index in [4.69, 9.17) is 0 Å². The number of aliphatic hydroxyl groups is 1. The molecular weight excluding hydrogens is 172 g/mol. The Morgan fingerprint density at radius 2 is 1.57 bits per heavy atom. The molecule has 0 heterocycles. The Balaban J connectivity index is 3.69. The summed E-state index contributed by atoms with van der Waals surface area (Å²) in [5.41, 5.74) is 0.356. The Bertz CT molecular complexity index is 131. The summed E-state index contributed by atoms with van der Waals surface area (Å²) in [6.45, 7) is 11.1. The Morgan fingerprint density at radius 1 is 1.07 bits per heavy atom. The number of hydrogen-bond acceptors (Lipinski definition) is 1. The molecule has 1 N–H and O–H groups in total. The average Bonchev–Trinajstić information content (AvgIpc) is 2.09. The molecule has 0 saturated heterocycles. The van der Waals surface area contributed by atoms with Crippen LogP contribution < -0.4 is 0 Å². The molecule has 1 heteroatoms. The van der Waals surface area contributed by atoms with Crippen LogP contribution in [-0.2, 0) is 0 Å². The fourth-order valence-electron chi connectivity index (χ4n) is 1.72. The van der Waals surface area contributed by atoms with Crippen molar-refractivity contribution in [1.82, 2.24) is 0 Å². The van der Waals surface area contributed by atoms with Crippen LogP contribution in [0.1, 0.15) is 66.7 Å². The zero-order valence-electron chi connectivity index (χ0n) is 10.6. The first-order chi connectivity index (χ1) is 6.39. The maximum Gasteiger partial charge on any atom is 0.0543 e. The molecular formula is C13H28O. The minimum absolute atomic E-state index is 0.0841. The molecule has 1 nitrogen and oxygen atoms in total. The van der Waals surface area contributed by atoms with Gasteiger partial charge in [0.05, 0.1) is 6.10 Å². The fraction of sp³-hybridized carbons (Fsp3) is 1.00. The fourth-order valence-corrected chi connectivity index (χ4v) is 1.72. The molecule has 0 saturated carbocycles. The van der Waals surface area contributed by atoms with Crippen LogP contribution in [0.5, 0.6) is 0 Å². The molecule has 0 aromatic rings. The maximum absolute atomic E-state index is 9.85. The van der Waals surface area contributed by atoms with Gasteiger partial charge in [0, 0.05) is 0 Å². The van der Waals surface area contributed by atoms with Gasteiger partial charge in [0.15, 0.2) is 0 Å². The summed E-state index contributed by atoms with van der Waals surface area (Å²) in [7, 11) is 0. The van der Waals surface area contributed by atoms with Gasteiger partial charge < -0.3 is 5.11 Å². The second kappa shape index (κ2) is 6.44. The predicted molar refractivity (Wildman–Crippen MR) is 63.4 cm³/mol. The van der Waals surface area contributed by atoms with Crippen LogP contribution in [-0.4, -0.2) is 11.2 Å². The van der Waals surface area contributed by atoms with E-state index < -0.39 is 0 Å². The Kier molecular flexibility index (Phi) is 6.43. The second-order valence-electron chi connectivity index (χ2n) is 5.67. The van der Waals surface area contributed by atoms with E-state index in [0.29, 0.717) is 11.3 Å². The molecule has 86 valence electrons. The van der Waals surface area contributed by atoms with Crippen LogP contribution in [0.25, 0.3) is 0 Å². The smallest absolute Gasteiger partial charge is 0.0543 e. The van der Waals surface area contributed by atoms with Gasteiger partial charge >= 0.3 is 0 Å². The lowest BCUT2D eigenvalue weighted by Crippen LogP contribution is -2.16. The van der Waals surface area contributed by atoms with Crippen LogP contribution in [0.2, 0.25) is 0 Å². The first-order valence-corrected chi connectivity index (χ1v) is 6.07. The molecule has 0 spiro atoms. The standard InChI is InChI=1S/C13H28O/c1-6-11(7-2)10-12(14)8-9-13(3,4)5/h11-12,14H,6-10H2,1-5H3. The summed E-state index contributed by atoms with van der Waals surface area (Å²) in [6, 6.07) is 0. The largest absolute Gasteiger partial charge is 0.393 e. The monoisotopic (exact) mass is 200 g/mol. The summed E-state index contributed by atoms with van der Waals surface area (Å²) in [6.07, 6.45) is 5.38. The number of rotatable bonds is 6. The molecule has 1 atom stereocenters. The Morgan fingerprint density at radius 3 is 1.93 bits per heavy atom. The van der Waals surface area contributed by atoms with Crippen molar-refractivity contribution in [1.29, 1.82) is 0 Å². The molecule has 1 unspecified atom stereocenters. The van der Waals surface area contributed by atoms with Crippen molar-refractivity contribution >= 4 is 0 Å². The zero-order valence-corrected chi connectivity index (χ0v) is 10.6. The van der Waals surface area contributed by atoms with Crippen LogP contribution in [0, 0.1) is 11.3 Å². The molecule has 0 amide bonds. The highest BCUT2D eigenvalue weighted by Gasteiger charge is 2.15. The normalized spacial score (nSPS) is 14.8. The maximum atomic E-state index is 9.85. The van der Waals surface area contributed by atoms with Crippen molar-refractivity contribution < 1.29 is 5.11 Å². The SMILES string of the molecule is CCC(CC)CC(O)CCC(C)(C)C. The van der Waals surface area contributed by atoms with Crippen molar-refractivity contribution in [3.63, 3.8) is 0 Å². The molecule has 0 aromatic heterocycles. The van der Waals surface area contributed by atoms with Crippen molar-refractivity contribution in [2.75, 3.05) is 0 Å². The lowest BCUT2D eigenvalue weighted by Gasteiger charge is -2.22. The van der Waals surface area contributed by atoms with Crippen LogP contribution in [0.15, 0.2) is 0 Å². The van der Waals surface area contributed by atoms with Gasteiger partial charge in [-0.25, -0.2) is 0 Å². The molecule has 0 rings (SSSR count). The third-order valence-electron chi connectivity index (χ3n) is 2.99. The summed E-state index contributed by atoms with van der Waals surface area (Å²) >= 11 is 0. The van der Waals surface area contributed by atoms with E-state index in [2.05, 4.69) is 34.6 Å². The second-order valence-corrected chi connectivity index (χ2v) is 5.67. The van der Waals surface area contributed by atoms with Gasteiger partial charge in [-0.1, -0.05) is 47.5 Å². The molecule has 0 aliphatic rings. The van der Waals surface area contributed by atoms with Crippen molar-refractivity contribution in [2.24, 2.45) is 11.3 Å². The van der Waals surface area contributed by atoms with E-state index in [1.54, 1.807) is 0 Å². The van der Waals surface area contributed by atoms with Crippen molar-refractivity contribution in [3.8, 4) is 0 Å². The highest BCUT2D eigenvalue weighted by atomic mass is 16.3. The third-order valence-corrected chi connectivity index (χ3v) is 2.99. The van der Waals surface area contributed by atoms with E-state index in [0.717, 1.165) is 19.3 Å². The van der Waals surface area contributed by atoms with Gasteiger partial charge in [-0.15, -0.1) is 0 Å². The third kappa shape index (κ3) is 7.37. The van der Waals surface area contributed by atoms with Crippen LogP contribution >= 0.6 is 0 Å². The molecule has 0 aliphatic heterocycles. The summed E-state index contributed by atoms with van der Waals surface area (Å²) < 4.78 is 0. The van der Waals surface area contributed by atoms with Crippen LogP contribution in [0.3, 0.4) is 0 Å². The van der Waals surface area contributed by atoms with E-state index in [-0.39, 0.29) is 6.10 Å². The highest BCUT2D eigenvalue weighted by molar-refractivity contribution is 4.68. The van der Waals surface area contributed by atoms with Crippen LogP contribution in [0.4, 0.5) is 0 Å². The van der Waals surface area contributed by atoms with E-state index >= 15 is 0 Å². The van der Waals surface area contributed by atoms with Gasteiger partial charge in [0.25, 0.3) is 0 Å². The lowest BCUT2D eigenvalue weighted by molar-refractivity contribution is 0.116. The topological polar surface area (TPSA) is 20.2 Å². The van der Waals surface area contributed by atoms with E-state index in [9.17, 15) is 5.11 Å². The summed E-state index contributed by atoms with van der Waals surface area (Å²) in [4.78, 5) is 0. The minimum atomic E-state index is -0.0841.